The van der Waals surface area contributed by atoms with E-state index >= 15 is 0 Å². The number of ether oxygens (including phenoxy) is 8. The highest BCUT2D eigenvalue weighted by Gasteiger charge is 2.23. The molecule has 14 heteroatoms. The summed E-state index contributed by atoms with van der Waals surface area (Å²) in [5.41, 5.74) is 3.43. The highest BCUT2D eigenvalue weighted by Crippen LogP contribution is 2.32. The average Bonchev–Trinajstić information content (AvgIpc) is 3.37. The van der Waals surface area contributed by atoms with Crippen LogP contribution in [0.4, 0.5) is 22.7 Å². The second-order valence-corrected chi connectivity index (χ2v) is 15.7. The largest absolute Gasteiger partial charge is 0.497 e. The standard InChI is InChI=1S/C54H66N4O10/c1-5-63-53(59)49-39-52(68-38-18-14-10-8-12-16-36-66-48-33-25-44(26-34-48)58-56-42-21-29-46(62-4)30-22-42)50(54(60)64-6-2)40-51(49)67-37-17-13-9-7-11-15-35-65-47-31-23-43(24-32-47)57-55-41-19-27-45(61-3)28-20-41/h19-34,39-40H,5-18,35-38H2,1-4H3. The second kappa shape index (κ2) is 30.4. The van der Waals surface area contributed by atoms with E-state index in [-0.39, 0.29) is 35.8 Å². The Morgan fingerprint density at radius 1 is 0.368 bits per heavy atom. The topological polar surface area (TPSA) is 157 Å². The molecule has 0 spiro atoms. The molecule has 0 bridgehead atoms. The minimum Gasteiger partial charge on any atom is -0.497 e. The third-order valence-corrected chi connectivity index (χ3v) is 10.6. The summed E-state index contributed by atoms with van der Waals surface area (Å²) in [4.78, 5) is 26.1. The first kappa shape index (κ1) is 52.0. The van der Waals surface area contributed by atoms with E-state index < -0.39 is 11.9 Å². The zero-order valence-corrected chi connectivity index (χ0v) is 40.0. The van der Waals surface area contributed by atoms with Crippen molar-refractivity contribution in [3.63, 3.8) is 0 Å². The van der Waals surface area contributed by atoms with Crippen molar-refractivity contribution in [3.8, 4) is 34.5 Å². The molecule has 0 N–H and O–H groups in total. The first-order valence-corrected chi connectivity index (χ1v) is 23.7. The predicted molar refractivity (Wildman–Crippen MR) is 263 cm³/mol. The van der Waals surface area contributed by atoms with Crippen LogP contribution in [0.2, 0.25) is 0 Å². The van der Waals surface area contributed by atoms with E-state index in [1.165, 1.54) is 0 Å². The lowest BCUT2D eigenvalue weighted by atomic mass is 10.1. The summed E-state index contributed by atoms with van der Waals surface area (Å²) in [6, 6.07) is 33.0. The van der Waals surface area contributed by atoms with Crippen molar-refractivity contribution in [1.82, 2.24) is 0 Å². The van der Waals surface area contributed by atoms with Crippen LogP contribution >= 0.6 is 0 Å². The van der Waals surface area contributed by atoms with Gasteiger partial charge in [-0.3, -0.25) is 0 Å². The fraction of sp³-hybridized carbons (Fsp3) is 0.407. The van der Waals surface area contributed by atoms with Gasteiger partial charge in [0, 0.05) is 0 Å². The molecular formula is C54H66N4O10. The van der Waals surface area contributed by atoms with E-state index in [2.05, 4.69) is 20.5 Å². The van der Waals surface area contributed by atoms with Crippen LogP contribution in [0.1, 0.15) is 112 Å². The number of benzene rings is 5. The fourth-order valence-electron chi connectivity index (χ4n) is 6.85. The number of azo groups is 2. The molecule has 5 aromatic carbocycles. The van der Waals surface area contributed by atoms with Crippen molar-refractivity contribution in [1.29, 1.82) is 0 Å². The highest BCUT2D eigenvalue weighted by atomic mass is 16.5. The summed E-state index contributed by atoms with van der Waals surface area (Å²) in [5, 5.41) is 17.1. The van der Waals surface area contributed by atoms with Gasteiger partial charge in [0.15, 0.2) is 0 Å². The molecule has 0 heterocycles. The van der Waals surface area contributed by atoms with Gasteiger partial charge in [0.2, 0.25) is 0 Å². The van der Waals surface area contributed by atoms with Crippen LogP contribution in [0.3, 0.4) is 0 Å². The lowest BCUT2D eigenvalue weighted by Gasteiger charge is -2.16. The van der Waals surface area contributed by atoms with Gasteiger partial charge < -0.3 is 37.9 Å². The zero-order valence-electron chi connectivity index (χ0n) is 40.0. The molecule has 5 rings (SSSR count). The van der Waals surface area contributed by atoms with Crippen LogP contribution in [0.5, 0.6) is 34.5 Å². The molecule has 68 heavy (non-hydrogen) atoms. The third-order valence-electron chi connectivity index (χ3n) is 10.6. The van der Waals surface area contributed by atoms with Gasteiger partial charge in [0.1, 0.15) is 45.6 Å². The summed E-state index contributed by atoms with van der Waals surface area (Å²) in [7, 11) is 3.26. The predicted octanol–water partition coefficient (Wildman–Crippen LogP) is 14.5. The normalized spacial score (nSPS) is 11.1. The maximum Gasteiger partial charge on any atom is 0.342 e. The SMILES string of the molecule is CCOC(=O)c1cc(OCCCCCCCCOc2ccc(N=Nc3ccc(OC)cc3)cc2)c(C(=O)OCC)cc1OCCCCCCCCOc1ccc(N=Nc2ccc(OC)cc2)cc1. The Kier molecular flexibility index (Phi) is 23.2. The van der Waals surface area contributed by atoms with Crippen molar-refractivity contribution < 1.29 is 47.5 Å². The minimum absolute atomic E-state index is 0.198. The summed E-state index contributed by atoms with van der Waals surface area (Å²) in [6.07, 6.45) is 11.7. The first-order valence-electron chi connectivity index (χ1n) is 23.7. The number of carbonyl (C=O) groups is 2. The Morgan fingerprint density at radius 2 is 0.632 bits per heavy atom. The Morgan fingerprint density at radius 3 is 0.912 bits per heavy atom. The molecule has 362 valence electrons. The van der Waals surface area contributed by atoms with Gasteiger partial charge in [-0.15, -0.1) is 0 Å². The zero-order chi connectivity index (χ0) is 48.0. The summed E-state index contributed by atoms with van der Waals surface area (Å²) < 4.78 is 45.1. The molecule has 0 amide bonds. The number of hydrogen-bond donors (Lipinski definition) is 0. The van der Waals surface area contributed by atoms with E-state index in [9.17, 15) is 9.59 Å². The van der Waals surface area contributed by atoms with Crippen LogP contribution in [-0.2, 0) is 9.47 Å². The van der Waals surface area contributed by atoms with Gasteiger partial charge in [0.25, 0.3) is 0 Å². The number of nitrogens with zero attached hydrogens (tertiary/aromatic N) is 4. The maximum atomic E-state index is 13.1. The number of hydrogen-bond acceptors (Lipinski definition) is 14. The Bertz CT molecular complexity index is 2120. The van der Waals surface area contributed by atoms with E-state index in [1.54, 1.807) is 40.2 Å². The van der Waals surface area contributed by atoms with Crippen LogP contribution in [0, 0.1) is 0 Å². The number of rotatable bonds is 32. The second-order valence-electron chi connectivity index (χ2n) is 15.7. The molecule has 0 saturated heterocycles. The molecule has 0 radical (unpaired) electrons. The van der Waals surface area contributed by atoms with Crippen LogP contribution in [-0.4, -0.2) is 65.8 Å². The molecule has 14 nitrogen and oxygen atoms in total. The van der Waals surface area contributed by atoms with Crippen molar-refractivity contribution in [2.45, 2.75) is 90.9 Å². The van der Waals surface area contributed by atoms with Crippen LogP contribution in [0.15, 0.2) is 130 Å². The summed E-state index contributed by atoms with van der Waals surface area (Å²) in [6.45, 7) is 5.92. The average molecular weight is 931 g/mol. The Labute approximate surface area is 401 Å². The van der Waals surface area contributed by atoms with Gasteiger partial charge in [-0.2, -0.15) is 20.5 Å². The fourth-order valence-corrected chi connectivity index (χ4v) is 6.85. The smallest absolute Gasteiger partial charge is 0.342 e. The number of esters is 2. The van der Waals surface area contributed by atoms with E-state index in [4.69, 9.17) is 37.9 Å². The van der Waals surface area contributed by atoms with Crippen molar-refractivity contribution >= 4 is 34.7 Å². The monoisotopic (exact) mass is 930 g/mol. The summed E-state index contributed by atoms with van der Waals surface area (Å²) >= 11 is 0. The minimum atomic E-state index is -0.538. The Hall–Kier alpha value is -6.96. The quantitative estimate of drug-likeness (QED) is 0.0231. The lowest BCUT2D eigenvalue weighted by molar-refractivity contribution is 0.0503. The van der Waals surface area contributed by atoms with Crippen molar-refractivity contribution in [2.24, 2.45) is 20.5 Å². The molecule has 0 saturated carbocycles. The Balaban J connectivity index is 0.955. The van der Waals surface area contributed by atoms with Gasteiger partial charge in [-0.05, 0) is 149 Å². The van der Waals surface area contributed by atoms with E-state index in [0.717, 1.165) is 123 Å². The number of carbonyl (C=O) groups excluding carboxylic acids is 2. The third kappa shape index (κ3) is 18.7. The van der Waals surface area contributed by atoms with Crippen molar-refractivity contribution in [2.75, 3.05) is 53.9 Å². The molecule has 0 aliphatic rings. The molecule has 0 unspecified atom stereocenters. The molecule has 0 atom stereocenters. The highest BCUT2D eigenvalue weighted by molar-refractivity contribution is 5.98. The van der Waals surface area contributed by atoms with Crippen LogP contribution in [0.25, 0.3) is 0 Å². The molecule has 0 aromatic heterocycles. The van der Waals surface area contributed by atoms with E-state index in [0.29, 0.717) is 26.4 Å². The number of unbranched alkanes of at least 4 members (excludes halogenated alkanes) is 10. The lowest BCUT2D eigenvalue weighted by Crippen LogP contribution is -2.14. The van der Waals surface area contributed by atoms with E-state index in [1.807, 2.05) is 97.1 Å². The van der Waals surface area contributed by atoms with Gasteiger partial charge in [-0.25, -0.2) is 9.59 Å². The molecule has 0 aliphatic heterocycles. The number of methoxy groups -OCH3 is 2. The molecule has 0 aliphatic carbocycles. The molecular weight excluding hydrogens is 865 g/mol. The van der Waals surface area contributed by atoms with Crippen molar-refractivity contribution in [3.05, 3.63) is 120 Å². The van der Waals surface area contributed by atoms with Gasteiger partial charge >= 0.3 is 11.9 Å². The van der Waals surface area contributed by atoms with Gasteiger partial charge in [0.05, 0.1) is 76.6 Å². The van der Waals surface area contributed by atoms with Crippen LogP contribution < -0.4 is 28.4 Å². The first-order chi connectivity index (χ1) is 33.4. The molecule has 0 fully saturated rings. The van der Waals surface area contributed by atoms with Gasteiger partial charge in [-0.1, -0.05) is 51.4 Å². The molecule has 5 aromatic rings. The summed E-state index contributed by atoms with van der Waals surface area (Å²) in [5.74, 6) is 2.62. The maximum absolute atomic E-state index is 13.1.